The molecule has 1 rings (SSSR count). The smallest absolute Gasteiger partial charge is 0.377 e. The highest BCUT2D eigenvalue weighted by molar-refractivity contribution is 7.99. The number of hydrogen-bond acceptors (Lipinski definition) is 4. The molecule has 0 bridgehead atoms. The van der Waals surface area contributed by atoms with Crippen LogP contribution in [0.15, 0.2) is 28.0 Å². The minimum atomic E-state index is -1.41. The lowest BCUT2D eigenvalue weighted by atomic mass is 10.1. The Hall–Kier alpha value is -0.940. The fourth-order valence-electron chi connectivity index (χ4n) is 1.10. The summed E-state index contributed by atoms with van der Waals surface area (Å²) in [7, 11) is 0. The van der Waals surface area contributed by atoms with Crippen molar-refractivity contribution in [2.45, 2.75) is 9.79 Å². The van der Waals surface area contributed by atoms with Crippen molar-refractivity contribution in [2.75, 3.05) is 12.5 Å². The third-order valence-electron chi connectivity index (χ3n) is 1.85. The van der Waals surface area contributed by atoms with E-state index in [1.54, 1.807) is 23.9 Å². The number of carbonyl (C=O) groups excluding carboxylic acids is 1. The summed E-state index contributed by atoms with van der Waals surface area (Å²) in [6.45, 7) is 0. The summed E-state index contributed by atoms with van der Waals surface area (Å²) >= 11 is 2.93. The maximum atomic E-state index is 11.3. The van der Waals surface area contributed by atoms with E-state index in [1.807, 2.05) is 18.6 Å². The number of ketones is 1. The van der Waals surface area contributed by atoms with Crippen LogP contribution in [-0.4, -0.2) is 29.4 Å². The minimum Gasteiger partial charge on any atom is -0.475 e. The van der Waals surface area contributed by atoms with Gasteiger partial charge in [0.05, 0.1) is 0 Å². The van der Waals surface area contributed by atoms with E-state index in [2.05, 4.69) is 0 Å². The predicted molar refractivity (Wildman–Crippen MR) is 62.0 cm³/mol. The SMILES string of the molecule is CSc1ccc(C(=O)C(=O)O)c(SC)c1. The molecule has 0 heterocycles. The number of carboxylic acids is 1. The van der Waals surface area contributed by atoms with Crippen LogP contribution in [-0.2, 0) is 4.79 Å². The number of aliphatic carboxylic acids is 1. The van der Waals surface area contributed by atoms with E-state index in [9.17, 15) is 9.59 Å². The molecule has 0 fully saturated rings. The molecule has 5 heteroatoms. The number of carbonyl (C=O) groups is 2. The Morgan fingerprint density at radius 1 is 1.20 bits per heavy atom. The van der Waals surface area contributed by atoms with Gasteiger partial charge < -0.3 is 5.11 Å². The van der Waals surface area contributed by atoms with Crippen molar-refractivity contribution in [3.63, 3.8) is 0 Å². The standard InChI is InChI=1S/C10H10O3S2/c1-14-6-3-4-7(8(5-6)15-2)9(11)10(12)13/h3-5H,1-2H3,(H,12,13). The monoisotopic (exact) mass is 242 g/mol. The lowest BCUT2D eigenvalue weighted by Crippen LogP contribution is -2.13. The predicted octanol–water partition coefficient (Wildman–Crippen LogP) is 2.40. The van der Waals surface area contributed by atoms with Gasteiger partial charge in [-0.3, -0.25) is 4.79 Å². The summed E-state index contributed by atoms with van der Waals surface area (Å²) in [5.74, 6) is -2.27. The van der Waals surface area contributed by atoms with Gasteiger partial charge in [-0.25, -0.2) is 4.79 Å². The fourth-order valence-corrected chi connectivity index (χ4v) is 2.24. The first-order valence-electron chi connectivity index (χ1n) is 4.09. The zero-order valence-electron chi connectivity index (χ0n) is 8.31. The average molecular weight is 242 g/mol. The van der Waals surface area contributed by atoms with Gasteiger partial charge >= 0.3 is 5.97 Å². The van der Waals surface area contributed by atoms with Crippen LogP contribution in [0.5, 0.6) is 0 Å². The lowest BCUT2D eigenvalue weighted by molar-refractivity contribution is -0.131. The van der Waals surface area contributed by atoms with Gasteiger partial charge in [0.15, 0.2) is 0 Å². The topological polar surface area (TPSA) is 54.4 Å². The van der Waals surface area contributed by atoms with Gasteiger partial charge in [0.25, 0.3) is 5.78 Å². The molecule has 3 nitrogen and oxygen atoms in total. The molecular weight excluding hydrogens is 232 g/mol. The Kier molecular flexibility index (Phi) is 4.23. The number of thioether (sulfide) groups is 2. The highest BCUT2D eigenvalue weighted by atomic mass is 32.2. The van der Waals surface area contributed by atoms with Gasteiger partial charge in [-0.2, -0.15) is 0 Å². The second-order valence-electron chi connectivity index (χ2n) is 2.70. The number of carboxylic acid groups (broad SMARTS) is 1. The fraction of sp³-hybridized carbons (Fsp3) is 0.200. The second kappa shape index (κ2) is 5.23. The molecule has 0 atom stereocenters. The van der Waals surface area contributed by atoms with Gasteiger partial charge in [-0.05, 0) is 30.7 Å². The first-order chi connectivity index (χ1) is 7.10. The number of benzene rings is 1. The van der Waals surface area contributed by atoms with Gasteiger partial charge in [-0.15, -0.1) is 23.5 Å². The Labute approximate surface area is 96.3 Å². The van der Waals surface area contributed by atoms with Crippen molar-refractivity contribution in [3.8, 4) is 0 Å². The molecule has 0 aromatic heterocycles. The van der Waals surface area contributed by atoms with E-state index in [1.165, 1.54) is 11.8 Å². The van der Waals surface area contributed by atoms with Gasteiger partial charge in [-0.1, -0.05) is 0 Å². The summed E-state index contributed by atoms with van der Waals surface area (Å²) < 4.78 is 0. The zero-order chi connectivity index (χ0) is 11.4. The molecule has 0 saturated heterocycles. The van der Waals surface area contributed by atoms with Gasteiger partial charge in [0, 0.05) is 15.4 Å². The molecular formula is C10H10O3S2. The summed E-state index contributed by atoms with van der Waals surface area (Å²) in [5.41, 5.74) is 0.257. The zero-order valence-corrected chi connectivity index (χ0v) is 9.95. The van der Waals surface area contributed by atoms with E-state index >= 15 is 0 Å². The first-order valence-corrected chi connectivity index (χ1v) is 6.54. The Balaban J connectivity index is 3.18. The van der Waals surface area contributed by atoms with Crippen LogP contribution in [0.2, 0.25) is 0 Å². The van der Waals surface area contributed by atoms with Crippen LogP contribution >= 0.6 is 23.5 Å². The van der Waals surface area contributed by atoms with Crippen molar-refractivity contribution < 1.29 is 14.7 Å². The Morgan fingerprint density at radius 3 is 2.33 bits per heavy atom. The third-order valence-corrected chi connectivity index (χ3v) is 3.35. The minimum absolute atomic E-state index is 0.257. The van der Waals surface area contributed by atoms with Crippen molar-refractivity contribution in [3.05, 3.63) is 23.8 Å². The number of hydrogen-bond donors (Lipinski definition) is 1. The normalized spacial score (nSPS) is 10.0. The Morgan fingerprint density at radius 2 is 1.87 bits per heavy atom. The summed E-state index contributed by atoms with van der Waals surface area (Å²) in [4.78, 5) is 23.6. The second-order valence-corrected chi connectivity index (χ2v) is 4.43. The van der Waals surface area contributed by atoms with Gasteiger partial charge in [0.2, 0.25) is 0 Å². The highest BCUT2D eigenvalue weighted by Gasteiger charge is 2.18. The summed E-state index contributed by atoms with van der Waals surface area (Å²) in [5, 5.41) is 8.62. The molecule has 0 unspecified atom stereocenters. The largest absolute Gasteiger partial charge is 0.475 e. The molecule has 1 aromatic carbocycles. The molecule has 15 heavy (non-hydrogen) atoms. The van der Waals surface area contributed by atoms with Crippen molar-refractivity contribution in [1.29, 1.82) is 0 Å². The van der Waals surface area contributed by atoms with Crippen molar-refractivity contribution in [2.24, 2.45) is 0 Å². The molecule has 0 amide bonds. The van der Waals surface area contributed by atoms with Crippen LogP contribution in [0.1, 0.15) is 10.4 Å². The van der Waals surface area contributed by atoms with Crippen LogP contribution < -0.4 is 0 Å². The van der Waals surface area contributed by atoms with E-state index in [0.717, 1.165) is 4.90 Å². The third kappa shape index (κ3) is 2.76. The molecule has 1 N–H and O–H groups in total. The summed E-state index contributed by atoms with van der Waals surface area (Å²) in [6.07, 6.45) is 3.75. The van der Waals surface area contributed by atoms with Crippen LogP contribution in [0.3, 0.4) is 0 Å². The maximum absolute atomic E-state index is 11.3. The van der Waals surface area contributed by atoms with E-state index in [4.69, 9.17) is 5.11 Å². The lowest BCUT2D eigenvalue weighted by Gasteiger charge is -2.05. The molecule has 0 aliphatic heterocycles. The molecule has 0 aliphatic carbocycles. The molecule has 1 aromatic rings. The molecule has 0 spiro atoms. The maximum Gasteiger partial charge on any atom is 0.377 e. The molecule has 0 aliphatic rings. The van der Waals surface area contributed by atoms with Crippen LogP contribution in [0, 0.1) is 0 Å². The molecule has 0 radical (unpaired) electrons. The number of Topliss-reactive ketones (excluding diaryl/α,β-unsaturated/α-hetero) is 1. The van der Waals surface area contributed by atoms with Crippen molar-refractivity contribution >= 4 is 35.3 Å². The van der Waals surface area contributed by atoms with Crippen LogP contribution in [0.25, 0.3) is 0 Å². The highest BCUT2D eigenvalue weighted by Crippen LogP contribution is 2.26. The number of rotatable bonds is 4. The van der Waals surface area contributed by atoms with Gasteiger partial charge in [0.1, 0.15) is 0 Å². The first kappa shape index (κ1) is 12.1. The van der Waals surface area contributed by atoms with E-state index < -0.39 is 11.8 Å². The van der Waals surface area contributed by atoms with E-state index in [0.29, 0.717) is 4.90 Å². The quantitative estimate of drug-likeness (QED) is 0.499. The summed E-state index contributed by atoms with van der Waals surface area (Å²) in [6, 6.07) is 5.14. The average Bonchev–Trinajstić information content (AvgIpc) is 2.27. The van der Waals surface area contributed by atoms with Crippen LogP contribution in [0.4, 0.5) is 0 Å². The molecule has 0 saturated carbocycles. The van der Waals surface area contributed by atoms with E-state index in [-0.39, 0.29) is 5.56 Å². The Bertz CT molecular complexity index is 402. The molecule has 80 valence electrons. The van der Waals surface area contributed by atoms with Crippen molar-refractivity contribution in [1.82, 2.24) is 0 Å².